The summed E-state index contributed by atoms with van der Waals surface area (Å²) in [6.45, 7) is 14.9. The molecule has 0 saturated heterocycles. The maximum Gasteiger partial charge on any atom is 0.330 e. The second-order valence-electron chi connectivity index (χ2n) is 9.23. The van der Waals surface area contributed by atoms with Crippen LogP contribution in [0.5, 0.6) is 0 Å². The van der Waals surface area contributed by atoms with Crippen LogP contribution in [0, 0.1) is 0 Å². The minimum absolute atomic E-state index is 0.00883. The monoisotopic (exact) mass is 450 g/mol. The largest absolute Gasteiger partial charge is 0.469 e. The molecular weight excluding hydrogens is 412 g/mol. The molecule has 0 saturated carbocycles. The van der Waals surface area contributed by atoms with Gasteiger partial charge in [-0.05, 0) is 43.6 Å². The van der Waals surface area contributed by atoms with Gasteiger partial charge >= 0.3 is 11.9 Å². The minimum Gasteiger partial charge on any atom is -0.469 e. The molecule has 1 aromatic carbocycles. The fourth-order valence-corrected chi connectivity index (χ4v) is 4.01. The summed E-state index contributed by atoms with van der Waals surface area (Å²) in [5.41, 5.74) is 1.04. The van der Waals surface area contributed by atoms with Gasteiger partial charge in [0.25, 0.3) is 0 Å². The molecule has 0 fully saturated rings. The quantitative estimate of drug-likeness (QED) is 0.267. The lowest BCUT2D eigenvalue weighted by molar-refractivity contribution is -0.149. The Labute approximate surface area is 188 Å². The zero-order valence-electron chi connectivity index (χ0n) is 20.1. The third-order valence-electron chi connectivity index (χ3n) is 5.46. The van der Waals surface area contributed by atoms with E-state index in [1.54, 1.807) is 13.0 Å². The van der Waals surface area contributed by atoms with Crippen LogP contribution in [0.15, 0.2) is 42.5 Å². The average molecular weight is 451 g/mol. The van der Waals surface area contributed by atoms with Crippen molar-refractivity contribution < 1.29 is 28.2 Å². The molecular formula is C24H38O6Si. The second-order valence-corrected chi connectivity index (χ2v) is 14.0. The van der Waals surface area contributed by atoms with E-state index < -0.39 is 32.5 Å². The summed E-state index contributed by atoms with van der Waals surface area (Å²) in [6, 6.07) is 9.85. The van der Waals surface area contributed by atoms with Crippen LogP contribution in [-0.2, 0) is 34.8 Å². The summed E-state index contributed by atoms with van der Waals surface area (Å²) in [6.07, 6.45) is 1.77. The van der Waals surface area contributed by atoms with E-state index >= 15 is 0 Å². The van der Waals surface area contributed by atoms with Gasteiger partial charge in [0.1, 0.15) is 12.2 Å². The molecule has 0 radical (unpaired) electrons. The van der Waals surface area contributed by atoms with E-state index in [2.05, 4.69) is 38.6 Å². The number of hydrogen-bond donors (Lipinski definition) is 0. The Hall–Kier alpha value is -1.96. The Bertz CT molecular complexity index is 723. The lowest BCUT2D eigenvalue weighted by Gasteiger charge is -2.39. The molecule has 0 spiro atoms. The van der Waals surface area contributed by atoms with Gasteiger partial charge in [0.2, 0.25) is 0 Å². The lowest BCUT2D eigenvalue weighted by atomic mass is 10.2. The van der Waals surface area contributed by atoms with Gasteiger partial charge in [-0.15, -0.1) is 0 Å². The minimum atomic E-state index is -2.03. The molecule has 6 nitrogen and oxygen atoms in total. The van der Waals surface area contributed by atoms with Crippen molar-refractivity contribution in [2.24, 2.45) is 0 Å². The molecule has 31 heavy (non-hydrogen) atoms. The van der Waals surface area contributed by atoms with Crippen LogP contribution in [-0.4, -0.2) is 45.7 Å². The highest BCUT2D eigenvalue weighted by Gasteiger charge is 2.39. The Morgan fingerprint density at radius 1 is 1.10 bits per heavy atom. The van der Waals surface area contributed by atoms with Crippen molar-refractivity contribution in [3.05, 3.63) is 48.0 Å². The van der Waals surface area contributed by atoms with Gasteiger partial charge in [-0.1, -0.05) is 51.1 Å². The number of carbonyl (C=O) groups is 2. The van der Waals surface area contributed by atoms with Crippen LogP contribution in [0.2, 0.25) is 18.1 Å². The van der Waals surface area contributed by atoms with E-state index in [9.17, 15) is 9.59 Å². The van der Waals surface area contributed by atoms with Crippen LogP contribution < -0.4 is 0 Å². The van der Waals surface area contributed by atoms with Gasteiger partial charge in [0.15, 0.2) is 8.32 Å². The van der Waals surface area contributed by atoms with E-state index in [-0.39, 0.29) is 17.6 Å². The van der Waals surface area contributed by atoms with Crippen molar-refractivity contribution in [1.82, 2.24) is 0 Å². The highest BCUT2D eigenvalue weighted by Crippen LogP contribution is 2.37. The third kappa shape index (κ3) is 9.80. The predicted octanol–water partition coefficient (Wildman–Crippen LogP) is 5.03. The van der Waals surface area contributed by atoms with Crippen LogP contribution in [0.4, 0.5) is 0 Å². The van der Waals surface area contributed by atoms with Crippen LogP contribution >= 0.6 is 0 Å². The zero-order valence-corrected chi connectivity index (χ0v) is 21.1. The van der Waals surface area contributed by atoms with Gasteiger partial charge in [-0.2, -0.15) is 0 Å². The molecule has 1 rings (SSSR count). The maximum atomic E-state index is 12.2. The highest BCUT2D eigenvalue weighted by atomic mass is 28.4. The second kappa shape index (κ2) is 12.2. The molecule has 7 heteroatoms. The van der Waals surface area contributed by atoms with Gasteiger partial charge in [-0.3, -0.25) is 4.79 Å². The Balaban J connectivity index is 2.87. The molecule has 0 unspecified atom stereocenters. The summed E-state index contributed by atoms with van der Waals surface area (Å²) in [5, 5.41) is 0.0528. The summed E-state index contributed by atoms with van der Waals surface area (Å²) in [4.78, 5) is 23.5. The van der Waals surface area contributed by atoms with E-state index in [4.69, 9.17) is 13.9 Å². The lowest BCUT2D eigenvalue weighted by Crippen LogP contribution is -2.46. The molecule has 0 heterocycles. The molecule has 0 aliphatic heterocycles. The number of esters is 2. The van der Waals surface area contributed by atoms with Crippen LogP contribution in [0.25, 0.3) is 0 Å². The molecule has 0 bridgehead atoms. The fourth-order valence-electron chi connectivity index (χ4n) is 2.59. The molecule has 1 aromatic rings. The first-order chi connectivity index (χ1) is 14.4. The van der Waals surface area contributed by atoms with E-state index in [1.165, 1.54) is 13.2 Å². The number of rotatable bonds is 11. The maximum absolute atomic E-state index is 12.2. The molecule has 0 amide bonds. The molecule has 0 aliphatic rings. The van der Waals surface area contributed by atoms with Gasteiger partial charge < -0.3 is 18.6 Å². The smallest absolute Gasteiger partial charge is 0.330 e. The number of benzene rings is 1. The van der Waals surface area contributed by atoms with E-state index in [0.717, 1.165) is 5.56 Å². The Kier molecular flexibility index (Phi) is 10.6. The highest BCUT2D eigenvalue weighted by molar-refractivity contribution is 6.74. The molecule has 0 aromatic heterocycles. The number of methoxy groups -OCH3 is 1. The molecule has 0 N–H and O–H groups in total. The SMILES string of the molecule is COC(=O)C[C@H](C)OC(=O)/C=C/[C@@H](OCc1ccccc1)[C@H](C)O[Si](C)(C)C(C)(C)C. The standard InChI is InChI=1S/C24H38O6Si/c1-18(16-23(26)27-6)29-22(25)15-14-21(28-17-20-12-10-9-11-13-20)19(2)30-31(7,8)24(3,4)5/h9-15,18-19,21H,16-17H2,1-8H3/b15-14+/t18-,19-,21+/m0/s1. The summed E-state index contributed by atoms with van der Waals surface area (Å²) >= 11 is 0. The van der Waals surface area contributed by atoms with E-state index in [1.807, 2.05) is 37.3 Å². The Morgan fingerprint density at radius 2 is 1.71 bits per heavy atom. The van der Waals surface area contributed by atoms with Crippen molar-refractivity contribution in [3.63, 3.8) is 0 Å². The van der Waals surface area contributed by atoms with Crippen molar-refractivity contribution in [2.75, 3.05) is 7.11 Å². The van der Waals surface area contributed by atoms with Crippen molar-refractivity contribution in [1.29, 1.82) is 0 Å². The van der Waals surface area contributed by atoms with Gasteiger partial charge in [-0.25, -0.2) is 4.79 Å². The first-order valence-corrected chi connectivity index (χ1v) is 13.6. The average Bonchev–Trinajstić information content (AvgIpc) is 2.67. The normalized spacial score (nSPS) is 15.4. The molecule has 3 atom stereocenters. The van der Waals surface area contributed by atoms with Crippen molar-refractivity contribution >= 4 is 20.3 Å². The topological polar surface area (TPSA) is 71.1 Å². The first kappa shape index (κ1) is 27.1. The molecule has 174 valence electrons. The zero-order chi connectivity index (χ0) is 23.7. The van der Waals surface area contributed by atoms with E-state index in [0.29, 0.717) is 6.61 Å². The van der Waals surface area contributed by atoms with Gasteiger partial charge in [0.05, 0.1) is 26.2 Å². The fraction of sp³-hybridized carbons (Fsp3) is 0.583. The summed E-state index contributed by atoms with van der Waals surface area (Å²) < 4.78 is 22.5. The Morgan fingerprint density at radius 3 is 2.26 bits per heavy atom. The predicted molar refractivity (Wildman–Crippen MR) is 124 cm³/mol. The van der Waals surface area contributed by atoms with Gasteiger partial charge in [0, 0.05) is 6.08 Å². The number of carbonyl (C=O) groups excluding carboxylic acids is 2. The summed E-state index contributed by atoms with van der Waals surface area (Å²) in [5.74, 6) is -0.964. The number of hydrogen-bond acceptors (Lipinski definition) is 6. The van der Waals surface area contributed by atoms with Crippen molar-refractivity contribution in [2.45, 2.75) is 84.1 Å². The summed E-state index contributed by atoms with van der Waals surface area (Å²) in [7, 11) is -0.725. The van der Waals surface area contributed by atoms with Crippen molar-refractivity contribution in [3.8, 4) is 0 Å². The third-order valence-corrected chi connectivity index (χ3v) is 10.0. The van der Waals surface area contributed by atoms with Crippen LogP contribution in [0.3, 0.4) is 0 Å². The first-order valence-electron chi connectivity index (χ1n) is 10.6. The van der Waals surface area contributed by atoms with Crippen LogP contribution in [0.1, 0.15) is 46.6 Å². The molecule has 0 aliphatic carbocycles. The number of ether oxygens (including phenoxy) is 3.